The second kappa shape index (κ2) is 5.09. The lowest BCUT2D eigenvalue weighted by molar-refractivity contribution is -0.146. The fourth-order valence-corrected chi connectivity index (χ4v) is 1.44. The lowest BCUT2D eigenvalue weighted by atomic mass is 9.94. The van der Waals surface area contributed by atoms with Gasteiger partial charge in [0.05, 0.1) is 5.41 Å². The molecule has 17 heavy (non-hydrogen) atoms. The Bertz CT molecular complexity index is 430. The SMILES string of the molecule is Cc1nsc(NC(=O)NCC(C)(C)C(=O)O)n1. The monoisotopic (exact) mass is 258 g/mol. The smallest absolute Gasteiger partial charge is 0.321 e. The molecule has 0 unspecified atom stereocenters. The summed E-state index contributed by atoms with van der Waals surface area (Å²) in [5, 5.41) is 14.2. The van der Waals surface area contributed by atoms with Gasteiger partial charge in [-0.1, -0.05) is 0 Å². The molecule has 7 nitrogen and oxygen atoms in total. The van der Waals surface area contributed by atoms with Crippen LogP contribution in [0.15, 0.2) is 0 Å². The van der Waals surface area contributed by atoms with E-state index >= 15 is 0 Å². The molecule has 2 amide bonds. The van der Waals surface area contributed by atoms with Gasteiger partial charge in [0, 0.05) is 18.1 Å². The maximum absolute atomic E-state index is 11.4. The number of hydrogen-bond acceptors (Lipinski definition) is 5. The van der Waals surface area contributed by atoms with E-state index in [1.807, 2.05) is 0 Å². The van der Waals surface area contributed by atoms with Crippen LogP contribution in [0, 0.1) is 12.3 Å². The van der Waals surface area contributed by atoms with E-state index in [2.05, 4.69) is 20.0 Å². The van der Waals surface area contributed by atoms with E-state index < -0.39 is 17.4 Å². The summed E-state index contributed by atoms with van der Waals surface area (Å²) in [4.78, 5) is 26.2. The van der Waals surface area contributed by atoms with Gasteiger partial charge in [0.1, 0.15) is 5.82 Å². The van der Waals surface area contributed by atoms with E-state index in [-0.39, 0.29) is 6.54 Å². The van der Waals surface area contributed by atoms with Crippen molar-refractivity contribution in [2.45, 2.75) is 20.8 Å². The Morgan fingerprint density at radius 1 is 1.47 bits per heavy atom. The standard InChI is InChI=1S/C9H14N4O3S/c1-5-11-8(17-13-5)12-7(16)10-4-9(2,3)6(14)15/h4H2,1-3H3,(H,14,15)(H2,10,11,12,13,16). The maximum atomic E-state index is 11.4. The van der Waals surface area contributed by atoms with Crippen LogP contribution in [0.5, 0.6) is 0 Å². The lowest BCUT2D eigenvalue weighted by Gasteiger charge is -2.19. The highest BCUT2D eigenvalue weighted by atomic mass is 32.1. The van der Waals surface area contributed by atoms with Crippen molar-refractivity contribution in [3.05, 3.63) is 5.82 Å². The molecule has 0 aliphatic rings. The summed E-state index contributed by atoms with van der Waals surface area (Å²) in [6.07, 6.45) is 0. The third-order valence-electron chi connectivity index (χ3n) is 2.02. The number of carbonyl (C=O) groups is 2. The average Bonchev–Trinajstić information content (AvgIpc) is 2.61. The number of amides is 2. The minimum Gasteiger partial charge on any atom is -0.481 e. The van der Waals surface area contributed by atoms with Gasteiger partial charge >= 0.3 is 12.0 Å². The average molecular weight is 258 g/mol. The van der Waals surface area contributed by atoms with E-state index in [0.29, 0.717) is 11.0 Å². The molecule has 94 valence electrons. The first-order valence-corrected chi connectivity index (χ1v) is 5.67. The Kier molecular flexibility index (Phi) is 4.00. The molecule has 0 radical (unpaired) electrons. The number of nitrogens with zero attached hydrogens (tertiary/aromatic N) is 2. The quantitative estimate of drug-likeness (QED) is 0.749. The molecule has 1 aromatic heterocycles. The summed E-state index contributed by atoms with van der Waals surface area (Å²) >= 11 is 1.07. The van der Waals surface area contributed by atoms with Crippen LogP contribution in [-0.2, 0) is 4.79 Å². The van der Waals surface area contributed by atoms with Crippen molar-refractivity contribution < 1.29 is 14.7 Å². The zero-order valence-electron chi connectivity index (χ0n) is 9.77. The summed E-state index contributed by atoms with van der Waals surface area (Å²) in [6.45, 7) is 4.81. The van der Waals surface area contributed by atoms with Crippen LogP contribution in [0.3, 0.4) is 0 Å². The molecular formula is C9H14N4O3S. The molecule has 0 saturated carbocycles. The topological polar surface area (TPSA) is 104 Å². The Labute approximate surface area is 102 Å². The number of anilines is 1. The molecule has 0 atom stereocenters. The van der Waals surface area contributed by atoms with Gasteiger partial charge in [-0.2, -0.15) is 4.37 Å². The first-order valence-electron chi connectivity index (χ1n) is 4.90. The number of carboxylic acids is 1. The molecule has 0 spiro atoms. The number of aryl methyl sites for hydroxylation is 1. The number of urea groups is 1. The minimum atomic E-state index is -1.01. The van der Waals surface area contributed by atoms with Crippen molar-refractivity contribution in [3.8, 4) is 0 Å². The molecular weight excluding hydrogens is 244 g/mol. The Hall–Kier alpha value is -1.70. The van der Waals surface area contributed by atoms with Gasteiger partial charge in [0.25, 0.3) is 0 Å². The number of aliphatic carboxylic acids is 1. The third-order valence-corrected chi connectivity index (χ3v) is 2.74. The highest BCUT2D eigenvalue weighted by Crippen LogP contribution is 2.13. The number of aromatic nitrogens is 2. The van der Waals surface area contributed by atoms with Crippen LogP contribution in [-0.4, -0.2) is 33.0 Å². The second-order valence-corrected chi connectivity index (χ2v) is 4.90. The predicted molar refractivity (Wildman–Crippen MR) is 63.1 cm³/mol. The van der Waals surface area contributed by atoms with E-state index in [4.69, 9.17) is 5.11 Å². The lowest BCUT2D eigenvalue weighted by Crippen LogP contribution is -2.40. The van der Waals surface area contributed by atoms with Gasteiger partial charge in [-0.25, -0.2) is 9.78 Å². The molecule has 1 aromatic rings. The second-order valence-electron chi connectivity index (χ2n) is 4.14. The van der Waals surface area contributed by atoms with E-state index in [0.717, 1.165) is 11.5 Å². The summed E-state index contributed by atoms with van der Waals surface area (Å²) in [5.41, 5.74) is -1.01. The normalized spacial score (nSPS) is 11.0. The molecule has 0 bridgehead atoms. The van der Waals surface area contributed by atoms with Gasteiger partial charge in [-0.3, -0.25) is 10.1 Å². The summed E-state index contributed by atoms with van der Waals surface area (Å²) in [5.74, 6) is -0.388. The number of hydrogen-bond donors (Lipinski definition) is 3. The van der Waals surface area contributed by atoms with Gasteiger partial charge in [0.2, 0.25) is 5.13 Å². The van der Waals surface area contributed by atoms with E-state index in [1.165, 1.54) is 13.8 Å². The molecule has 0 fully saturated rings. The third kappa shape index (κ3) is 3.99. The highest BCUT2D eigenvalue weighted by molar-refractivity contribution is 7.09. The fraction of sp³-hybridized carbons (Fsp3) is 0.556. The van der Waals surface area contributed by atoms with Gasteiger partial charge in [0.15, 0.2) is 0 Å². The molecule has 1 heterocycles. The Balaban J connectivity index is 2.43. The fourth-order valence-electron chi connectivity index (χ4n) is 0.866. The molecule has 8 heteroatoms. The number of rotatable bonds is 4. The zero-order chi connectivity index (χ0) is 13.1. The van der Waals surface area contributed by atoms with Crippen LogP contribution in [0.2, 0.25) is 0 Å². The van der Waals surface area contributed by atoms with Crippen molar-refractivity contribution in [1.82, 2.24) is 14.7 Å². The van der Waals surface area contributed by atoms with Crippen LogP contribution in [0.4, 0.5) is 9.93 Å². The molecule has 0 saturated heterocycles. The van der Waals surface area contributed by atoms with Crippen LogP contribution < -0.4 is 10.6 Å². The van der Waals surface area contributed by atoms with Crippen LogP contribution in [0.25, 0.3) is 0 Å². The Morgan fingerprint density at radius 2 is 2.12 bits per heavy atom. The first kappa shape index (κ1) is 13.4. The van der Waals surface area contributed by atoms with Gasteiger partial charge in [-0.05, 0) is 20.8 Å². The molecule has 0 aliphatic heterocycles. The van der Waals surface area contributed by atoms with E-state index in [9.17, 15) is 9.59 Å². The minimum absolute atomic E-state index is 0.0337. The molecule has 1 rings (SSSR count). The zero-order valence-corrected chi connectivity index (χ0v) is 10.6. The van der Waals surface area contributed by atoms with Gasteiger partial charge < -0.3 is 10.4 Å². The number of nitrogens with one attached hydrogen (secondary N) is 2. The molecule has 0 aliphatic carbocycles. The largest absolute Gasteiger partial charge is 0.481 e. The molecule has 3 N–H and O–H groups in total. The highest BCUT2D eigenvalue weighted by Gasteiger charge is 2.27. The van der Waals surface area contributed by atoms with Crippen molar-refractivity contribution in [1.29, 1.82) is 0 Å². The molecule has 0 aromatic carbocycles. The van der Waals surface area contributed by atoms with Crippen LogP contribution in [0.1, 0.15) is 19.7 Å². The summed E-state index contributed by atoms with van der Waals surface area (Å²) < 4.78 is 3.90. The maximum Gasteiger partial charge on any atom is 0.321 e. The van der Waals surface area contributed by atoms with Crippen molar-refractivity contribution >= 4 is 28.7 Å². The predicted octanol–water partition coefficient (Wildman–Crippen LogP) is 1.08. The number of carboxylic acid groups (broad SMARTS) is 1. The van der Waals surface area contributed by atoms with Crippen molar-refractivity contribution in [2.75, 3.05) is 11.9 Å². The van der Waals surface area contributed by atoms with E-state index in [1.54, 1.807) is 6.92 Å². The van der Waals surface area contributed by atoms with Crippen molar-refractivity contribution in [3.63, 3.8) is 0 Å². The summed E-state index contributed by atoms with van der Waals surface area (Å²) in [7, 11) is 0. The summed E-state index contributed by atoms with van der Waals surface area (Å²) in [6, 6.07) is -0.490. The number of carbonyl (C=O) groups excluding carboxylic acids is 1. The van der Waals surface area contributed by atoms with Crippen LogP contribution >= 0.6 is 11.5 Å². The Morgan fingerprint density at radius 3 is 2.59 bits per heavy atom. The van der Waals surface area contributed by atoms with Gasteiger partial charge in [-0.15, -0.1) is 0 Å². The van der Waals surface area contributed by atoms with Crippen molar-refractivity contribution in [2.24, 2.45) is 5.41 Å². The first-order chi connectivity index (χ1) is 7.81.